The molecule has 2 unspecified atom stereocenters. The van der Waals surface area contributed by atoms with Crippen LogP contribution in [0.3, 0.4) is 0 Å². The van der Waals surface area contributed by atoms with Crippen LogP contribution in [0.4, 0.5) is 0 Å². The highest BCUT2D eigenvalue weighted by Gasteiger charge is 2.19. The van der Waals surface area contributed by atoms with E-state index in [0.717, 1.165) is 18.9 Å². The van der Waals surface area contributed by atoms with Crippen molar-refractivity contribution in [2.24, 2.45) is 5.92 Å². The Morgan fingerprint density at radius 2 is 1.57 bits per heavy atom. The van der Waals surface area contributed by atoms with E-state index in [4.69, 9.17) is 0 Å². The van der Waals surface area contributed by atoms with Gasteiger partial charge in [-0.25, -0.2) is 0 Å². The average molecular weight is 290 g/mol. The molecule has 0 spiro atoms. The van der Waals surface area contributed by atoms with Crippen molar-refractivity contribution in [1.82, 2.24) is 5.32 Å². The molecule has 1 nitrogen and oxygen atoms in total. The molecule has 0 saturated heterocycles. The fourth-order valence-electron chi connectivity index (χ4n) is 3.06. The predicted molar refractivity (Wildman–Crippen MR) is 94.9 cm³/mol. The lowest BCUT2D eigenvalue weighted by molar-refractivity contribution is 0.315. The van der Waals surface area contributed by atoms with Crippen LogP contribution >= 0.6 is 0 Å². The third-order valence-electron chi connectivity index (χ3n) is 4.57. The summed E-state index contributed by atoms with van der Waals surface area (Å²) in [5.74, 6) is 0.808. The predicted octanol–water partition coefficient (Wildman–Crippen LogP) is 5.38. The number of hydrogen-bond donors (Lipinski definition) is 1. The highest BCUT2D eigenvalue weighted by Crippen LogP contribution is 2.20. The Labute approximate surface area is 132 Å². The Balaban J connectivity index is 2.69. The van der Waals surface area contributed by atoms with Gasteiger partial charge in [-0.1, -0.05) is 71.2 Å². The molecule has 0 aromatic heterocycles. The molecule has 1 aromatic rings. The number of benzene rings is 1. The van der Waals surface area contributed by atoms with Gasteiger partial charge in [-0.2, -0.15) is 0 Å². The van der Waals surface area contributed by atoms with Crippen LogP contribution in [-0.4, -0.2) is 12.6 Å². The van der Waals surface area contributed by atoms with Crippen LogP contribution in [0.5, 0.6) is 0 Å². The first-order valence-electron chi connectivity index (χ1n) is 9.06. The number of hydrogen-bond acceptors (Lipinski definition) is 1. The van der Waals surface area contributed by atoms with Gasteiger partial charge in [-0.3, -0.25) is 0 Å². The van der Waals surface area contributed by atoms with Gasteiger partial charge in [0.2, 0.25) is 0 Å². The number of unbranched alkanes of at least 4 members (excludes halogenated alkanes) is 1. The summed E-state index contributed by atoms with van der Waals surface area (Å²) >= 11 is 0. The largest absolute Gasteiger partial charge is 0.313 e. The minimum absolute atomic E-state index is 0.633. The minimum Gasteiger partial charge on any atom is -0.313 e. The molecule has 0 saturated carbocycles. The molecule has 0 aliphatic carbocycles. The van der Waals surface area contributed by atoms with Gasteiger partial charge >= 0.3 is 0 Å². The first kappa shape index (κ1) is 18.2. The number of rotatable bonds is 11. The molecule has 0 aliphatic rings. The summed E-state index contributed by atoms with van der Waals surface area (Å²) in [6.07, 6.45) is 8.84. The molecule has 0 heterocycles. The number of nitrogens with one attached hydrogen (secondary N) is 1. The van der Waals surface area contributed by atoms with Gasteiger partial charge in [-0.05, 0) is 49.3 Å². The first-order chi connectivity index (χ1) is 10.2. The van der Waals surface area contributed by atoms with E-state index in [-0.39, 0.29) is 0 Å². The molecule has 1 aromatic carbocycles. The van der Waals surface area contributed by atoms with Crippen molar-refractivity contribution in [3.05, 3.63) is 35.4 Å². The fourth-order valence-corrected chi connectivity index (χ4v) is 3.06. The van der Waals surface area contributed by atoms with Crippen LogP contribution in [0.2, 0.25) is 0 Å². The maximum Gasteiger partial charge on any atom is 0.0136 e. The summed E-state index contributed by atoms with van der Waals surface area (Å²) in [6.45, 7) is 10.3. The third kappa shape index (κ3) is 6.65. The zero-order chi connectivity index (χ0) is 15.5. The van der Waals surface area contributed by atoms with Gasteiger partial charge in [0, 0.05) is 6.04 Å². The van der Waals surface area contributed by atoms with Crippen LogP contribution in [0, 0.1) is 5.92 Å². The molecular weight excluding hydrogens is 254 g/mol. The van der Waals surface area contributed by atoms with Gasteiger partial charge in [-0.15, -0.1) is 0 Å². The molecule has 0 bridgehead atoms. The standard InChI is InChI=1S/C20H35N/c1-5-9-10-19(8-4)20(21-15-6-2)16-18-13-11-17(7-3)12-14-18/h11-14,19-21H,5-10,15-16H2,1-4H3. The molecule has 0 radical (unpaired) electrons. The molecule has 1 heteroatoms. The lowest BCUT2D eigenvalue weighted by Gasteiger charge is -2.28. The molecule has 1 rings (SSSR count). The van der Waals surface area contributed by atoms with Crippen molar-refractivity contribution < 1.29 is 0 Å². The molecule has 0 aliphatic heterocycles. The Morgan fingerprint density at radius 3 is 2.10 bits per heavy atom. The summed E-state index contributed by atoms with van der Waals surface area (Å²) in [5, 5.41) is 3.81. The monoisotopic (exact) mass is 289 g/mol. The summed E-state index contributed by atoms with van der Waals surface area (Å²) < 4.78 is 0. The van der Waals surface area contributed by atoms with E-state index in [1.807, 2.05) is 0 Å². The zero-order valence-electron chi connectivity index (χ0n) is 14.6. The smallest absolute Gasteiger partial charge is 0.0136 e. The summed E-state index contributed by atoms with van der Waals surface area (Å²) in [4.78, 5) is 0. The highest BCUT2D eigenvalue weighted by molar-refractivity contribution is 5.23. The van der Waals surface area contributed by atoms with Gasteiger partial charge in [0.05, 0.1) is 0 Å². The van der Waals surface area contributed by atoms with E-state index in [0.29, 0.717) is 6.04 Å². The Bertz CT molecular complexity index is 355. The average Bonchev–Trinajstić information content (AvgIpc) is 2.53. The second-order valence-electron chi connectivity index (χ2n) is 6.25. The Morgan fingerprint density at radius 1 is 0.905 bits per heavy atom. The van der Waals surface area contributed by atoms with E-state index in [1.54, 1.807) is 0 Å². The second kappa shape index (κ2) is 10.8. The maximum absolute atomic E-state index is 3.81. The molecule has 1 N–H and O–H groups in total. The maximum atomic E-state index is 3.81. The second-order valence-corrected chi connectivity index (χ2v) is 6.25. The van der Waals surface area contributed by atoms with Crippen molar-refractivity contribution >= 4 is 0 Å². The van der Waals surface area contributed by atoms with Crippen molar-refractivity contribution in [2.45, 2.75) is 78.7 Å². The molecule has 2 atom stereocenters. The summed E-state index contributed by atoms with van der Waals surface area (Å²) in [7, 11) is 0. The summed E-state index contributed by atoms with van der Waals surface area (Å²) in [6, 6.07) is 9.87. The topological polar surface area (TPSA) is 12.0 Å². The van der Waals surface area contributed by atoms with Crippen LogP contribution < -0.4 is 5.32 Å². The van der Waals surface area contributed by atoms with E-state index in [1.165, 1.54) is 49.7 Å². The van der Waals surface area contributed by atoms with Crippen LogP contribution in [0.25, 0.3) is 0 Å². The lowest BCUT2D eigenvalue weighted by atomic mass is 9.87. The first-order valence-corrected chi connectivity index (χ1v) is 9.06. The Hall–Kier alpha value is -0.820. The fraction of sp³-hybridized carbons (Fsp3) is 0.700. The van der Waals surface area contributed by atoms with E-state index >= 15 is 0 Å². The molecule has 21 heavy (non-hydrogen) atoms. The zero-order valence-corrected chi connectivity index (χ0v) is 14.6. The molecule has 120 valence electrons. The van der Waals surface area contributed by atoms with Crippen molar-refractivity contribution in [3.63, 3.8) is 0 Å². The number of aryl methyl sites for hydroxylation is 1. The van der Waals surface area contributed by atoms with Crippen LogP contribution in [0.1, 0.15) is 70.9 Å². The van der Waals surface area contributed by atoms with Crippen LogP contribution in [-0.2, 0) is 12.8 Å². The van der Waals surface area contributed by atoms with Crippen molar-refractivity contribution in [1.29, 1.82) is 0 Å². The Kier molecular flexibility index (Phi) is 9.41. The third-order valence-corrected chi connectivity index (χ3v) is 4.57. The van der Waals surface area contributed by atoms with E-state index in [2.05, 4.69) is 57.3 Å². The van der Waals surface area contributed by atoms with Gasteiger partial charge in [0.1, 0.15) is 0 Å². The molecular formula is C20H35N. The summed E-state index contributed by atoms with van der Waals surface area (Å²) in [5.41, 5.74) is 2.92. The quantitative estimate of drug-likeness (QED) is 0.577. The lowest BCUT2D eigenvalue weighted by Crippen LogP contribution is -2.38. The van der Waals surface area contributed by atoms with Gasteiger partial charge < -0.3 is 5.32 Å². The van der Waals surface area contributed by atoms with Gasteiger partial charge in [0.15, 0.2) is 0 Å². The van der Waals surface area contributed by atoms with Gasteiger partial charge in [0.25, 0.3) is 0 Å². The normalized spacial score (nSPS) is 14.1. The minimum atomic E-state index is 0.633. The SMILES string of the molecule is CCCCC(CC)C(Cc1ccc(CC)cc1)NCCC. The van der Waals surface area contributed by atoms with E-state index in [9.17, 15) is 0 Å². The van der Waals surface area contributed by atoms with Crippen LogP contribution in [0.15, 0.2) is 24.3 Å². The van der Waals surface area contributed by atoms with E-state index < -0.39 is 0 Å². The highest BCUT2D eigenvalue weighted by atomic mass is 14.9. The van der Waals surface area contributed by atoms with Crippen molar-refractivity contribution in [3.8, 4) is 0 Å². The molecule has 0 fully saturated rings. The van der Waals surface area contributed by atoms with Crippen molar-refractivity contribution in [2.75, 3.05) is 6.54 Å². The molecule has 0 amide bonds.